The maximum atomic E-state index is 12.4. The highest BCUT2D eigenvalue weighted by atomic mass is 35.5. The summed E-state index contributed by atoms with van der Waals surface area (Å²) in [5.41, 5.74) is 0.394. The van der Waals surface area contributed by atoms with Crippen LogP contribution >= 0.6 is 11.6 Å². The standard InChI is InChI=1S/C16H21ClN2O2/c1-11-7-5-6-10-19(11)16(21)12(2)18-15(20)13-8-3-4-9-14(13)17/h3-4,8-9,11-12H,5-7,10H2,1-2H3,(H,18,20). The van der Waals surface area contributed by atoms with Gasteiger partial charge in [-0.3, -0.25) is 9.59 Å². The highest BCUT2D eigenvalue weighted by Crippen LogP contribution is 2.18. The first-order valence-electron chi connectivity index (χ1n) is 7.36. The molecule has 1 fully saturated rings. The van der Waals surface area contributed by atoms with Crippen molar-refractivity contribution in [1.82, 2.24) is 10.2 Å². The van der Waals surface area contributed by atoms with E-state index in [4.69, 9.17) is 11.6 Å². The highest BCUT2D eigenvalue weighted by Gasteiger charge is 2.28. The molecule has 0 spiro atoms. The van der Waals surface area contributed by atoms with Crippen molar-refractivity contribution in [2.75, 3.05) is 6.54 Å². The molecule has 1 saturated heterocycles. The number of nitrogens with zero attached hydrogens (tertiary/aromatic N) is 1. The minimum absolute atomic E-state index is 0.0254. The zero-order valence-corrected chi connectivity index (χ0v) is 13.2. The minimum atomic E-state index is -0.547. The lowest BCUT2D eigenvalue weighted by Gasteiger charge is -2.35. The smallest absolute Gasteiger partial charge is 0.253 e. The Morgan fingerprint density at radius 3 is 2.71 bits per heavy atom. The summed E-state index contributed by atoms with van der Waals surface area (Å²) in [6.45, 7) is 4.55. The number of amides is 2. The van der Waals surface area contributed by atoms with Crippen molar-refractivity contribution in [1.29, 1.82) is 0 Å². The third-order valence-corrected chi connectivity index (χ3v) is 4.25. The van der Waals surface area contributed by atoms with E-state index >= 15 is 0 Å². The Labute approximate surface area is 130 Å². The fraction of sp³-hybridized carbons (Fsp3) is 0.500. The van der Waals surface area contributed by atoms with Gasteiger partial charge >= 0.3 is 0 Å². The van der Waals surface area contributed by atoms with Crippen LogP contribution in [0.2, 0.25) is 5.02 Å². The Hall–Kier alpha value is -1.55. The Kier molecular flexibility index (Phi) is 5.23. The maximum Gasteiger partial charge on any atom is 0.253 e. The molecule has 0 radical (unpaired) electrons. The number of piperidine rings is 1. The van der Waals surface area contributed by atoms with Gasteiger partial charge < -0.3 is 10.2 Å². The molecule has 2 rings (SSSR count). The van der Waals surface area contributed by atoms with E-state index in [0.717, 1.165) is 25.8 Å². The second-order valence-corrected chi connectivity index (χ2v) is 5.96. The van der Waals surface area contributed by atoms with Crippen molar-refractivity contribution in [3.63, 3.8) is 0 Å². The number of carbonyl (C=O) groups excluding carboxylic acids is 2. The summed E-state index contributed by atoms with van der Waals surface area (Å²) in [4.78, 5) is 26.5. The van der Waals surface area contributed by atoms with Crippen LogP contribution in [-0.4, -0.2) is 35.3 Å². The Balaban J connectivity index is 2.00. The summed E-state index contributed by atoms with van der Waals surface area (Å²) in [6, 6.07) is 6.53. The molecular formula is C16H21ClN2O2. The van der Waals surface area contributed by atoms with Gasteiger partial charge in [-0.05, 0) is 45.2 Å². The molecule has 2 atom stereocenters. The molecule has 21 heavy (non-hydrogen) atoms. The monoisotopic (exact) mass is 308 g/mol. The van der Waals surface area contributed by atoms with Gasteiger partial charge in [0.05, 0.1) is 10.6 Å². The van der Waals surface area contributed by atoms with E-state index < -0.39 is 6.04 Å². The van der Waals surface area contributed by atoms with Gasteiger partial charge in [0.25, 0.3) is 5.91 Å². The van der Waals surface area contributed by atoms with Crippen LogP contribution in [0.1, 0.15) is 43.5 Å². The molecule has 2 amide bonds. The average molecular weight is 309 g/mol. The summed E-state index contributed by atoms with van der Waals surface area (Å²) in [7, 11) is 0. The Morgan fingerprint density at radius 1 is 1.33 bits per heavy atom. The van der Waals surface area contributed by atoms with Crippen molar-refractivity contribution in [3.8, 4) is 0 Å². The summed E-state index contributed by atoms with van der Waals surface area (Å²) in [6.07, 6.45) is 3.21. The van der Waals surface area contributed by atoms with Gasteiger partial charge in [0.2, 0.25) is 5.91 Å². The predicted octanol–water partition coefficient (Wildman–Crippen LogP) is 2.86. The van der Waals surface area contributed by atoms with Crippen molar-refractivity contribution in [3.05, 3.63) is 34.9 Å². The first-order chi connectivity index (χ1) is 10.0. The van der Waals surface area contributed by atoms with Gasteiger partial charge in [0.1, 0.15) is 6.04 Å². The van der Waals surface area contributed by atoms with Gasteiger partial charge in [0, 0.05) is 12.6 Å². The molecule has 1 aliphatic rings. The van der Waals surface area contributed by atoms with Crippen LogP contribution in [0.4, 0.5) is 0 Å². The first kappa shape index (κ1) is 15.8. The fourth-order valence-corrected chi connectivity index (χ4v) is 2.88. The van der Waals surface area contributed by atoms with Gasteiger partial charge in [0.15, 0.2) is 0 Å². The van der Waals surface area contributed by atoms with Crippen LogP contribution in [0.25, 0.3) is 0 Å². The Bertz CT molecular complexity index is 533. The molecule has 2 unspecified atom stereocenters. The van der Waals surface area contributed by atoms with E-state index in [0.29, 0.717) is 10.6 Å². The van der Waals surface area contributed by atoms with Crippen molar-refractivity contribution in [2.24, 2.45) is 0 Å². The summed E-state index contributed by atoms with van der Waals surface area (Å²) in [5.74, 6) is -0.339. The topological polar surface area (TPSA) is 49.4 Å². The van der Waals surface area contributed by atoms with E-state index in [-0.39, 0.29) is 17.9 Å². The maximum absolute atomic E-state index is 12.4. The van der Waals surface area contributed by atoms with E-state index in [1.165, 1.54) is 0 Å². The van der Waals surface area contributed by atoms with Crippen LogP contribution < -0.4 is 5.32 Å². The van der Waals surface area contributed by atoms with E-state index in [9.17, 15) is 9.59 Å². The first-order valence-corrected chi connectivity index (χ1v) is 7.74. The molecule has 0 aliphatic carbocycles. The third kappa shape index (κ3) is 3.76. The summed E-state index contributed by atoms with van der Waals surface area (Å²) >= 11 is 6.00. The minimum Gasteiger partial charge on any atom is -0.340 e. The van der Waals surface area contributed by atoms with Crippen LogP contribution in [-0.2, 0) is 4.79 Å². The van der Waals surface area contributed by atoms with Crippen molar-refractivity contribution < 1.29 is 9.59 Å². The highest BCUT2D eigenvalue weighted by molar-refractivity contribution is 6.33. The Morgan fingerprint density at radius 2 is 2.05 bits per heavy atom. The van der Waals surface area contributed by atoms with Gasteiger partial charge in [-0.2, -0.15) is 0 Å². The molecule has 114 valence electrons. The van der Waals surface area contributed by atoms with Crippen LogP contribution in [0.5, 0.6) is 0 Å². The quantitative estimate of drug-likeness (QED) is 0.933. The zero-order valence-electron chi connectivity index (χ0n) is 12.4. The van der Waals surface area contributed by atoms with Crippen LogP contribution in [0, 0.1) is 0 Å². The van der Waals surface area contributed by atoms with E-state index in [2.05, 4.69) is 12.2 Å². The van der Waals surface area contributed by atoms with E-state index in [1.807, 2.05) is 4.90 Å². The van der Waals surface area contributed by atoms with Gasteiger partial charge in [-0.15, -0.1) is 0 Å². The van der Waals surface area contributed by atoms with E-state index in [1.54, 1.807) is 31.2 Å². The molecule has 1 aromatic carbocycles. The molecule has 0 aromatic heterocycles. The summed E-state index contributed by atoms with van der Waals surface area (Å²) in [5, 5.41) is 3.13. The molecule has 1 aliphatic heterocycles. The molecule has 1 aromatic rings. The average Bonchev–Trinajstić information content (AvgIpc) is 2.47. The second-order valence-electron chi connectivity index (χ2n) is 5.55. The largest absolute Gasteiger partial charge is 0.340 e. The molecule has 5 heteroatoms. The normalized spacial score (nSPS) is 20.0. The predicted molar refractivity (Wildman–Crippen MR) is 83.4 cm³/mol. The van der Waals surface area contributed by atoms with Crippen molar-refractivity contribution >= 4 is 23.4 Å². The number of rotatable bonds is 3. The molecule has 4 nitrogen and oxygen atoms in total. The number of hydrogen-bond acceptors (Lipinski definition) is 2. The number of hydrogen-bond donors (Lipinski definition) is 1. The number of halogens is 1. The van der Waals surface area contributed by atoms with Crippen LogP contribution in [0.15, 0.2) is 24.3 Å². The lowest BCUT2D eigenvalue weighted by Crippen LogP contribution is -2.51. The number of likely N-dealkylation sites (tertiary alicyclic amines) is 1. The SMILES string of the molecule is CC(NC(=O)c1ccccc1Cl)C(=O)N1CCCCC1C. The molecule has 1 N–H and O–H groups in total. The lowest BCUT2D eigenvalue weighted by molar-refractivity contribution is -0.136. The van der Waals surface area contributed by atoms with Crippen LogP contribution in [0.3, 0.4) is 0 Å². The zero-order chi connectivity index (χ0) is 15.4. The fourth-order valence-electron chi connectivity index (χ4n) is 2.66. The lowest BCUT2D eigenvalue weighted by atomic mass is 10.0. The molecule has 0 bridgehead atoms. The third-order valence-electron chi connectivity index (χ3n) is 3.92. The number of carbonyl (C=O) groups is 2. The van der Waals surface area contributed by atoms with Crippen molar-refractivity contribution in [2.45, 2.75) is 45.2 Å². The molecule has 1 heterocycles. The number of benzene rings is 1. The number of nitrogens with one attached hydrogen (secondary N) is 1. The summed E-state index contributed by atoms with van der Waals surface area (Å²) < 4.78 is 0. The van der Waals surface area contributed by atoms with Gasteiger partial charge in [-0.25, -0.2) is 0 Å². The van der Waals surface area contributed by atoms with Gasteiger partial charge in [-0.1, -0.05) is 23.7 Å². The molecular weight excluding hydrogens is 288 g/mol. The second kappa shape index (κ2) is 6.94. The molecule has 0 saturated carbocycles.